The summed E-state index contributed by atoms with van der Waals surface area (Å²) in [5.41, 5.74) is 1.16. The smallest absolute Gasteiger partial charge is 0.261 e. The fraction of sp³-hybridized carbons (Fsp3) is 0.450. The van der Waals surface area contributed by atoms with Crippen LogP contribution in [0.15, 0.2) is 38.6 Å². The molecule has 0 bridgehead atoms. The molecule has 1 saturated heterocycles. The maximum Gasteiger partial charge on any atom is 0.261 e. The topological polar surface area (TPSA) is 41.6 Å². The Morgan fingerprint density at radius 1 is 1.37 bits per heavy atom. The second-order valence-corrected chi connectivity index (χ2v) is 9.46. The Bertz CT molecular complexity index is 781. The van der Waals surface area contributed by atoms with Gasteiger partial charge in [-0.3, -0.25) is 9.69 Å². The molecule has 0 saturated carbocycles. The van der Waals surface area contributed by atoms with E-state index in [1.165, 1.54) is 30.7 Å². The maximum atomic E-state index is 12.1. The normalized spacial score (nSPS) is 17.2. The summed E-state index contributed by atoms with van der Waals surface area (Å²) < 4.78 is 7.85. The van der Waals surface area contributed by atoms with Crippen molar-refractivity contribution in [2.45, 2.75) is 32.2 Å². The molecule has 27 heavy (non-hydrogen) atoms. The fourth-order valence-electron chi connectivity index (χ4n) is 3.25. The molecule has 0 radical (unpaired) electrons. The van der Waals surface area contributed by atoms with Gasteiger partial charge in [0.2, 0.25) is 0 Å². The molecule has 1 unspecified atom stereocenters. The summed E-state index contributed by atoms with van der Waals surface area (Å²) in [6, 6.07) is 8.65. The highest BCUT2D eigenvalue weighted by atomic mass is 79.9. The third kappa shape index (κ3) is 6.04. The van der Waals surface area contributed by atoms with Crippen LogP contribution in [0.5, 0.6) is 5.75 Å². The highest BCUT2D eigenvalue weighted by molar-refractivity contribution is 9.10. The average molecular weight is 516 g/mol. The zero-order valence-electron chi connectivity index (χ0n) is 15.3. The SMILES string of the molecule is CC1CCCN1CCOc1ccc(CCNC(=O)c2cc(Br)cs2)cc1Br. The van der Waals surface area contributed by atoms with E-state index in [0.29, 0.717) is 19.2 Å². The molecule has 1 fully saturated rings. The van der Waals surface area contributed by atoms with E-state index in [1.807, 2.05) is 17.5 Å². The molecule has 1 atom stereocenters. The molecule has 2 aromatic rings. The van der Waals surface area contributed by atoms with Gasteiger partial charge in [-0.15, -0.1) is 11.3 Å². The quantitative estimate of drug-likeness (QED) is 0.531. The summed E-state index contributed by atoms with van der Waals surface area (Å²) in [7, 11) is 0. The van der Waals surface area contributed by atoms with Crippen LogP contribution in [0.3, 0.4) is 0 Å². The number of hydrogen-bond donors (Lipinski definition) is 1. The van der Waals surface area contributed by atoms with Crippen molar-refractivity contribution in [2.24, 2.45) is 0 Å². The number of carbonyl (C=O) groups is 1. The number of thiophene rings is 1. The van der Waals surface area contributed by atoms with Gasteiger partial charge in [0.1, 0.15) is 12.4 Å². The zero-order valence-corrected chi connectivity index (χ0v) is 19.3. The minimum absolute atomic E-state index is 0.0270. The molecule has 3 rings (SSSR count). The second kappa shape index (κ2) is 10.0. The van der Waals surface area contributed by atoms with E-state index >= 15 is 0 Å². The highest BCUT2D eigenvalue weighted by Gasteiger charge is 2.19. The lowest BCUT2D eigenvalue weighted by atomic mass is 10.1. The number of halogens is 2. The highest BCUT2D eigenvalue weighted by Crippen LogP contribution is 2.26. The summed E-state index contributed by atoms with van der Waals surface area (Å²) >= 11 is 8.41. The zero-order chi connectivity index (χ0) is 19.2. The van der Waals surface area contributed by atoms with Gasteiger partial charge in [-0.2, -0.15) is 0 Å². The van der Waals surface area contributed by atoms with Crippen LogP contribution < -0.4 is 10.1 Å². The minimum atomic E-state index is -0.0270. The summed E-state index contributed by atoms with van der Waals surface area (Å²) in [5.74, 6) is 0.846. The van der Waals surface area contributed by atoms with E-state index < -0.39 is 0 Å². The van der Waals surface area contributed by atoms with Crippen molar-refractivity contribution >= 4 is 49.1 Å². The number of ether oxygens (including phenoxy) is 1. The van der Waals surface area contributed by atoms with Crippen LogP contribution in [0.4, 0.5) is 0 Å². The van der Waals surface area contributed by atoms with Gasteiger partial charge in [-0.1, -0.05) is 6.07 Å². The number of amides is 1. The van der Waals surface area contributed by atoms with E-state index in [9.17, 15) is 4.79 Å². The summed E-state index contributed by atoms with van der Waals surface area (Å²) in [4.78, 5) is 15.3. The van der Waals surface area contributed by atoms with Gasteiger partial charge in [0.25, 0.3) is 5.91 Å². The molecule has 146 valence electrons. The molecule has 7 heteroatoms. The van der Waals surface area contributed by atoms with Crippen LogP contribution in [-0.4, -0.2) is 43.1 Å². The van der Waals surface area contributed by atoms with Crippen LogP contribution in [0.2, 0.25) is 0 Å². The van der Waals surface area contributed by atoms with Crippen molar-refractivity contribution in [3.05, 3.63) is 49.0 Å². The minimum Gasteiger partial charge on any atom is -0.491 e. The lowest BCUT2D eigenvalue weighted by Crippen LogP contribution is -2.31. The third-order valence-electron chi connectivity index (χ3n) is 4.81. The molecule has 1 aliphatic heterocycles. The monoisotopic (exact) mass is 514 g/mol. The molecular formula is C20H24Br2N2O2S. The lowest BCUT2D eigenvalue weighted by molar-refractivity contribution is 0.0958. The van der Waals surface area contributed by atoms with Gasteiger partial charge in [0.05, 0.1) is 9.35 Å². The van der Waals surface area contributed by atoms with Gasteiger partial charge >= 0.3 is 0 Å². The molecule has 1 amide bonds. The number of carbonyl (C=O) groups excluding carboxylic acids is 1. The van der Waals surface area contributed by atoms with Crippen molar-refractivity contribution in [2.75, 3.05) is 26.2 Å². The van der Waals surface area contributed by atoms with E-state index in [2.05, 4.69) is 61.1 Å². The molecular weight excluding hydrogens is 492 g/mol. The van der Waals surface area contributed by atoms with Crippen molar-refractivity contribution in [3.8, 4) is 5.75 Å². The average Bonchev–Trinajstić information content (AvgIpc) is 3.25. The van der Waals surface area contributed by atoms with Gasteiger partial charge < -0.3 is 10.1 Å². The Kier molecular flexibility index (Phi) is 7.75. The van der Waals surface area contributed by atoms with Gasteiger partial charge in [-0.05, 0) is 88.4 Å². The first-order valence-corrected chi connectivity index (χ1v) is 11.7. The van der Waals surface area contributed by atoms with Crippen molar-refractivity contribution in [1.29, 1.82) is 0 Å². The number of nitrogens with zero attached hydrogens (tertiary/aromatic N) is 1. The van der Waals surface area contributed by atoms with Crippen LogP contribution in [0.25, 0.3) is 0 Å². The molecule has 1 aliphatic rings. The molecule has 1 aromatic heterocycles. The molecule has 0 spiro atoms. The first kappa shape index (κ1) is 20.8. The number of rotatable bonds is 8. The molecule has 1 N–H and O–H groups in total. The molecule has 4 nitrogen and oxygen atoms in total. The first-order chi connectivity index (χ1) is 13.0. The van der Waals surface area contributed by atoms with Crippen LogP contribution in [-0.2, 0) is 6.42 Å². The predicted molar refractivity (Wildman–Crippen MR) is 118 cm³/mol. The predicted octanol–water partition coefficient (Wildman–Crippen LogP) is 5.11. The van der Waals surface area contributed by atoms with Gasteiger partial charge in [0, 0.05) is 29.0 Å². The second-order valence-electron chi connectivity index (χ2n) is 6.78. The first-order valence-electron chi connectivity index (χ1n) is 9.20. The van der Waals surface area contributed by atoms with E-state index in [0.717, 1.165) is 38.1 Å². The van der Waals surface area contributed by atoms with Gasteiger partial charge in [-0.25, -0.2) is 0 Å². The number of nitrogens with one attached hydrogen (secondary N) is 1. The van der Waals surface area contributed by atoms with E-state index in [4.69, 9.17) is 4.74 Å². The number of likely N-dealkylation sites (tertiary alicyclic amines) is 1. The van der Waals surface area contributed by atoms with Crippen molar-refractivity contribution in [3.63, 3.8) is 0 Å². The van der Waals surface area contributed by atoms with E-state index in [-0.39, 0.29) is 5.91 Å². The number of hydrogen-bond acceptors (Lipinski definition) is 4. The Morgan fingerprint density at radius 2 is 2.22 bits per heavy atom. The Labute approximate surface area is 181 Å². The standard InChI is InChI=1S/C20H24Br2N2O2S/c1-14-3-2-8-24(14)9-10-26-18-5-4-15(11-17(18)22)6-7-23-20(25)19-12-16(21)13-27-19/h4-5,11-14H,2-3,6-10H2,1H3,(H,23,25). The fourth-order valence-corrected chi connectivity index (χ4v) is 5.14. The Morgan fingerprint density at radius 3 is 2.89 bits per heavy atom. The van der Waals surface area contributed by atoms with Crippen molar-refractivity contribution in [1.82, 2.24) is 10.2 Å². The summed E-state index contributed by atoms with van der Waals surface area (Å²) in [5, 5.41) is 4.87. The molecule has 1 aromatic carbocycles. The maximum absolute atomic E-state index is 12.1. The summed E-state index contributed by atoms with van der Waals surface area (Å²) in [6.45, 7) is 5.75. The largest absolute Gasteiger partial charge is 0.491 e. The third-order valence-corrected chi connectivity index (χ3v) is 7.12. The van der Waals surface area contributed by atoms with E-state index in [1.54, 1.807) is 0 Å². The van der Waals surface area contributed by atoms with Crippen LogP contribution >= 0.6 is 43.2 Å². The van der Waals surface area contributed by atoms with Crippen molar-refractivity contribution < 1.29 is 9.53 Å². The Balaban J connectivity index is 1.43. The van der Waals surface area contributed by atoms with Crippen LogP contribution in [0, 0.1) is 0 Å². The lowest BCUT2D eigenvalue weighted by Gasteiger charge is -2.21. The number of benzene rings is 1. The van der Waals surface area contributed by atoms with Crippen LogP contribution in [0.1, 0.15) is 35.0 Å². The molecule has 2 heterocycles. The van der Waals surface area contributed by atoms with Gasteiger partial charge in [0.15, 0.2) is 0 Å². The summed E-state index contributed by atoms with van der Waals surface area (Å²) in [6.07, 6.45) is 3.36. The Hall–Kier alpha value is -0.890. The molecule has 0 aliphatic carbocycles.